The molecule has 0 aliphatic carbocycles. The van der Waals surface area contributed by atoms with E-state index in [2.05, 4.69) is 48.0 Å². The number of hydrogen-bond acceptors (Lipinski definition) is 4. The monoisotopic (exact) mass is 324 g/mol. The number of nitrogens with zero attached hydrogens (tertiary/aromatic N) is 2. The molecule has 1 heterocycles. The SMILES string of the molecule is COC(=O)c1ccc2c(c1)CN(Cc1ccc(C)cc1)CCN2C. The first-order valence-electron chi connectivity index (χ1n) is 8.27. The topological polar surface area (TPSA) is 32.8 Å². The van der Waals surface area contributed by atoms with E-state index in [9.17, 15) is 4.79 Å². The number of fused-ring (bicyclic) bond motifs is 1. The van der Waals surface area contributed by atoms with E-state index in [0.29, 0.717) is 5.56 Å². The van der Waals surface area contributed by atoms with Crippen molar-refractivity contribution in [1.29, 1.82) is 0 Å². The van der Waals surface area contributed by atoms with Crippen LogP contribution in [0.2, 0.25) is 0 Å². The highest BCUT2D eigenvalue weighted by atomic mass is 16.5. The largest absolute Gasteiger partial charge is 0.465 e. The average Bonchev–Trinajstić information content (AvgIpc) is 2.75. The first-order valence-corrected chi connectivity index (χ1v) is 8.27. The van der Waals surface area contributed by atoms with Gasteiger partial charge >= 0.3 is 5.97 Å². The Balaban J connectivity index is 1.83. The van der Waals surface area contributed by atoms with E-state index >= 15 is 0 Å². The molecule has 3 rings (SSSR count). The molecule has 1 aliphatic rings. The minimum Gasteiger partial charge on any atom is -0.465 e. The number of ether oxygens (including phenoxy) is 1. The van der Waals surface area contributed by atoms with E-state index in [1.165, 1.54) is 29.5 Å². The van der Waals surface area contributed by atoms with Crippen LogP contribution < -0.4 is 4.90 Å². The van der Waals surface area contributed by atoms with E-state index in [1.807, 2.05) is 18.2 Å². The van der Waals surface area contributed by atoms with Crippen molar-refractivity contribution in [2.24, 2.45) is 0 Å². The van der Waals surface area contributed by atoms with Crippen LogP contribution in [0.4, 0.5) is 5.69 Å². The molecule has 2 aromatic carbocycles. The normalized spacial score (nSPS) is 14.9. The van der Waals surface area contributed by atoms with Gasteiger partial charge in [0, 0.05) is 38.9 Å². The van der Waals surface area contributed by atoms with Gasteiger partial charge in [0.1, 0.15) is 0 Å². The molecule has 4 nitrogen and oxygen atoms in total. The van der Waals surface area contributed by atoms with Gasteiger partial charge in [-0.15, -0.1) is 0 Å². The number of rotatable bonds is 3. The standard InChI is InChI=1S/C20H24N2O2/c1-15-4-6-16(7-5-15)13-22-11-10-21(2)19-9-8-17(20(23)24-3)12-18(19)14-22/h4-9,12H,10-11,13-14H2,1-3H3. The second kappa shape index (κ2) is 7.05. The number of carbonyl (C=O) groups excluding carboxylic acids is 1. The zero-order chi connectivity index (χ0) is 17.1. The number of aryl methyl sites for hydroxylation is 1. The number of carbonyl (C=O) groups is 1. The number of hydrogen-bond donors (Lipinski definition) is 0. The van der Waals surface area contributed by atoms with E-state index in [-0.39, 0.29) is 5.97 Å². The Kier molecular flexibility index (Phi) is 4.86. The maximum atomic E-state index is 11.8. The molecule has 0 fully saturated rings. The van der Waals surface area contributed by atoms with Crippen LogP contribution >= 0.6 is 0 Å². The highest BCUT2D eigenvalue weighted by Crippen LogP contribution is 2.26. The summed E-state index contributed by atoms with van der Waals surface area (Å²) in [5.74, 6) is -0.283. The number of esters is 1. The second-order valence-electron chi connectivity index (χ2n) is 6.45. The fraction of sp³-hybridized carbons (Fsp3) is 0.350. The quantitative estimate of drug-likeness (QED) is 0.812. The van der Waals surface area contributed by atoms with Crippen molar-refractivity contribution in [3.63, 3.8) is 0 Å². The molecule has 0 radical (unpaired) electrons. The molecule has 24 heavy (non-hydrogen) atoms. The maximum Gasteiger partial charge on any atom is 0.337 e. The molecule has 0 unspecified atom stereocenters. The lowest BCUT2D eigenvalue weighted by atomic mass is 10.1. The molecule has 0 aromatic heterocycles. The summed E-state index contributed by atoms with van der Waals surface area (Å²) in [4.78, 5) is 16.5. The summed E-state index contributed by atoms with van der Waals surface area (Å²) in [7, 11) is 3.52. The highest BCUT2D eigenvalue weighted by molar-refractivity contribution is 5.90. The van der Waals surface area contributed by atoms with Crippen LogP contribution in [0, 0.1) is 6.92 Å². The molecule has 0 saturated carbocycles. The van der Waals surface area contributed by atoms with Crippen LogP contribution in [0.3, 0.4) is 0 Å². The summed E-state index contributed by atoms with van der Waals surface area (Å²) in [6.07, 6.45) is 0. The van der Waals surface area contributed by atoms with Gasteiger partial charge in [0.15, 0.2) is 0 Å². The highest BCUT2D eigenvalue weighted by Gasteiger charge is 2.19. The molecule has 0 saturated heterocycles. The molecule has 0 atom stereocenters. The predicted molar refractivity (Wildman–Crippen MR) is 96.3 cm³/mol. The zero-order valence-electron chi connectivity index (χ0n) is 14.6. The van der Waals surface area contributed by atoms with Crippen LogP contribution in [-0.4, -0.2) is 38.1 Å². The van der Waals surface area contributed by atoms with Gasteiger partial charge in [-0.1, -0.05) is 29.8 Å². The Morgan fingerprint density at radius 3 is 2.58 bits per heavy atom. The number of anilines is 1. The van der Waals surface area contributed by atoms with Crippen molar-refractivity contribution >= 4 is 11.7 Å². The molecule has 4 heteroatoms. The predicted octanol–water partition coefficient (Wildman–Crippen LogP) is 3.23. The van der Waals surface area contributed by atoms with Crippen molar-refractivity contribution in [1.82, 2.24) is 4.90 Å². The van der Waals surface area contributed by atoms with Gasteiger partial charge in [-0.3, -0.25) is 4.90 Å². The average molecular weight is 324 g/mol. The summed E-state index contributed by atoms with van der Waals surface area (Å²) >= 11 is 0. The number of methoxy groups -OCH3 is 1. The van der Waals surface area contributed by atoms with Crippen LogP contribution in [0.1, 0.15) is 27.0 Å². The summed E-state index contributed by atoms with van der Waals surface area (Å²) < 4.78 is 4.85. The van der Waals surface area contributed by atoms with Crippen molar-refractivity contribution in [3.05, 3.63) is 64.7 Å². The smallest absolute Gasteiger partial charge is 0.337 e. The van der Waals surface area contributed by atoms with Crippen molar-refractivity contribution in [3.8, 4) is 0 Å². The Labute approximate surface area is 143 Å². The fourth-order valence-electron chi connectivity index (χ4n) is 3.15. The fourth-order valence-corrected chi connectivity index (χ4v) is 3.15. The molecule has 126 valence electrons. The van der Waals surface area contributed by atoms with E-state index in [4.69, 9.17) is 4.74 Å². The molecule has 2 aromatic rings. The molecule has 0 spiro atoms. The van der Waals surface area contributed by atoms with Crippen LogP contribution in [-0.2, 0) is 17.8 Å². The van der Waals surface area contributed by atoms with E-state index < -0.39 is 0 Å². The number of benzene rings is 2. The lowest BCUT2D eigenvalue weighted by Gasteiger charge is -2.20. The van der Waals surface area contributed by atoms with Gasteiger partial charge in [-0.2, -0.15) is 0 Å². The Morgan fingerprint density at radius 1 is 1.12 bits per heavy atom. The molecule has 0 bridgehead atoms. The van der Waals surface area contributed by atoms with Gasteiger partial charge < -0.3 is 9.64 Å². The van der Waals surface area contributed by atoms with Gasteiger partial charge in [-0.25, -0.2) is 4.79 Å². The summed E-state index contributed by atoms with van der Waals surface area (Å²) in [5, 5.41) is 0. The van der Waals surface area contributed by atoms with Crippen molar-refractivity contribution < 1.29 is 9.53 Å². The van der Waals surface area contributed by atoms with Gasteiger partial charge in [-0.05, 0) is 36.2 Å². The van der Waals surface area contributed by atoms with Gasteiger partial charge in [0.25, 0.3) is 0 Å². The third kappa shape index (κ3) is 3.60. The van der Waals surface area contributed by atoms with Gasteiger partial charge in [0.05, 0.1) is 12.7 Å². The summed E-state index contributed by atoms with van der Waals surface area (Å²) in [6, 6.07) is 14.5. The Morgan fingerprint density at radius 2 is 1.88 bits per heavy atom. The molecular formula is C20H24N2O2. The third-order valence-corrected chi connectivity index (χ3v) is 4.58. The van der Waals surface area contributed by atoms with Crippen LogP contribution in [0.25, 0.3) is 0 Å². The van der Waals surface area contributed by atoms with E-state index in [0.717, 1.165) is 26.2 Å². The minimum atomic E-state index is -0.283. The van der Waals surface area contributed by atoms with Crippen LogP contribution in [0.15, 0.2) is 42.5 Å². The summed E-state index contributed by atoms with van der Waals surface area (Å²) in [6.45, 7) is 5.81. The first kappa shape index (κ1) is 16.5. The maximum absolute atomic E-state index is 11.8. The lowest BCUT2D eigenvalue weighted by molar-refractivity contribution is 0.0600. The number of likely N-dealkylation sites (N-methyl/N-ethyl adjacent to an activating group) is 1. The summed E-state index contributed by atoms with van der Waals surface area (Å²) in [5.41, 5.74) is 5.57. The van der Waals surface area contributed by atoms with Crippen LogP contribution in [0.5, 0.6) is 0 Å². The minimum absolute atomic E-state index is 0.283. The Bertz CT molecular complexity index is 725. The second-order valence-corrected chi connectivity index (χ2v) is 6.45. The zero-order valence-corrected chi connectivity index (χ0v) is 14.6. The van der Waals surface area contributed by atoms with Crippen molar-refractivity contribution in [2.45, 2.75) is 20.0 Å². The Hall–Kier alpha value is -2.33. The first-order chi connectivity index (χ1) is 11.6. The molecular weight excluding hydrogens is 300 g/mol. The molecule has 0 N–H and O–H groups in total. The van der Waals surface area contributed by atoms with E-state index in [1.54, 1.807) is 0 Å². The third-order valence-electron chi connectivity index (χ3n) is 4.58. The molecule has 1 aliphatic heterocycles. The van der Waals surface area contributed by atoms with Crippen molar-refractivity contribution in [2.75, 3.05) is 32.1 Å². The lowest BCUT2D eigenvalue weighted by Crippen LogP contribution is -2.28. The molecule has 0 amide bonds. The van der Waals surface area contributed by atoms with Gasteiger partial charge in [0.2, 0.25) is 0 Å².